The van der Waals surface area contributed by atoms with Gasteiger partial charge in [-0.25, -0.2) is 9.97 Å². The smallest absolute Gasteiger partial charge is 0.265 e. The number of benzene rings is 1. The highest BCUT2D eigenvalue weighted by atomic mass is 32.2. The quantitative estimate of drug-likeness (QED) is 0.499. The number of nitrogens with zero attached hydrogens (tertiary/aromatic N) is 3. The summed E-state index contributed by atoms with van der Waals surface area (Å²) in [6, 6.07) is 13.3. The Balaban J connectivity index is 1.93. The molecule has 0 amide bonds. The normalized spacial score (nSPS) is 11.5. The molecule has 0 N–H and O–H groups in total. The second-order valence-corrected chi connectivity index (χ2v) is 5.87. The summed E-state index contributed by atoms with van der Waals surface area (Å²) in [5.74, 6) is 0.470. The fraction of sp³-hybridized carbons (Fsp3) is 0.118. The Kier molecular flexibility index (Phi) is 4.80. The van der Waals surface area contributed by atoms with Gasteiger partial charge in [0.05, 0.1) is 5.69 Å². The van der Waals surface area contributed by atoms with Gasteiger partial charge in [0, 0.05) is 23.7 Å². The van der Waals surface area contributed by atoms with Gasteiger partial charge in [-0.1, -0.05) is 42.1 Å². The van der Waals surface area contributed by atoms with Gasteiger partial charge in [-0.3, -0.25) is 4.98 Å². The van der Waals surface area contributed by atoms with Crippen LogP contribution in [0.25, 0.3) is 11.3 Å². The van der Waals surface area contributed by atoms with Crippen LogP contribution in [-0.4, -0.2) is 15.0 Å². The van der Waals surface area contributed by atoms with Gasteiger partial charge in [-0.15, -0.1) is 0 Å². The SMILES string of the molecule is FC(F)(F)c1cc(-c2ccccc2)nc(SCc2ccncc2)n1. The van der Waals surface area contributed by atoms with Gasteiger partial charge in [-0.05, 0) is 23.8 Å². The molecule has 0 radical (unpaired) electrons. The molecule has 0 spiro atoms. The van der Waals surface area contributed by atoms with Crippen LogP contribution in [0.2, 0.25) is 0 Å². The van der Waals surface area contributed by atoms with E-state index < -0.39 is 11.9 Å². The van der Waals surface area contributed by atoms with Crippen molar-refractivity contribution >= 4 is 11.8 Å². The van der Waals surface area contributed by atoms with E-state index in [0.717, 1.165) is 23.4 Å². The first-order chi connectivity index (χ1) is 11.5. The van der Waals surface area contributed by atoms with Crippen molar-refractivity contribution in [1.82, 2.24) is 15.0 Å². The lowest BCUT2D eigenvalue weighted by Crippen LogP contribution is -2.10. The molecule has 0 fully saturated rings. The maximum Gasteiger partial charge on any atom is 0.433 e. The van der Waals surface area contributed by atoms with Gasteiger partial charge in [0.2, 0.25) is 0 Å². The van der Waals surface area contributed by atoms with Crippen LogP contribution < -0.4 is 0 Å². The van der Waals surface area contributed by atoms with Crippen molar-refractivity contribution in [3.05, 3.63) is 72.2 Å². The molecule has 0 unspecified atom stereocenters. The summed E-state index contributed by atoms with van der Waals surface area (Å²) in [6.07, 6.45) is -1.24. The molecule has 0 bridgehead atoms. The average Bonchev–Trinajstić information content (AvgIpc) is 2.61. The van der Waals surface area contributed by atoms with Crippen molar-refractivity contribution in [2.24, 2.45) is 0 Å². The van der Waals surface area contributed by atoms with E-state index in [2.05, 4.69) is 15.0 Å². The Labute approximate surface area is 141 Å². The number of hydrogen-bond acceptors (Lipinski definition) is 4. The number of pyridine rings is 1. The van der Waals surface area contributed by atoms with E-state index >= 15 is 0 Å². The van der Waals surface area contributed by atoms with E-state index in [4.69, 9.17) is 0 Å². The maximum atomic E-state index is 13.1. The third-order valence-corrected chi connectivity index (χ3v) is 4.10. The zero-order valence-electron chi connectivity index (χ0n) is 12.4. The first kappa shape index (κ1) is 16.4. The molecular formula is C17H12F3N3S. The topological polar surface area (TPSA) is 38.7 Å². The monoisotopic (exact) mass is 347 g/mol. The third-order valence-electron chi connectivity index (χ3n) is 3.18. The summed E-state index contributed by atoms with van der Waals surface area (Å²) in [5, 5.41) is 0.0977. The highest BCUT2D eigenvalue weighted by Crippen LogP contribution is 2.32. The minimum absolute atomic E-state index is 0.0977. The Morgan fingerprint density at radius 3 is 2.29 bits per heavy atom. The highest BCUT2D eigenvalue weighted by Gasteiger charge is 2.33. The molecular weight excluding hydrogens is 335 g/mol. The molecule has 3 rings (SSSR count). The predicted molar refractivity (Wildman–Crippen MR) is 86.3 cm³/mol. The van der Waals surface area contributed by atoms with Crippen LogP contribution >= 0.6 is 11.8 Å². The second kappa shape index (κ2) is 7.00. The molecule has 1 aromatic carbocycles. The molecule has 2 heterocycles. The lowest BCUT2D eigenvalue weighted by atomic mass is 10.1. The molecule has 0 saturated heterocycles. The summed E-state index contributed by atoms with van der Waals surface area (Å²) in [4.78, 5) is 11.8. The van der Waals surface area contributed by atoms with Crippen molar-refractivity contribution in [2.45, 2.75) is 17.1 Å². The zero-order valence-corrected chi connectivity index (χ0v) is 13.2. The number of alkyl halides is 3. The van der Waals surface area contributed by atoms with E-state index in [0.29, 0.717) is 11.3 Å². The molecule has 0 atom stereocenters. The molecule has 0 saturated carbocycles. The van der Waals surface area contributed by atoms with Gasteiger partial charge >= 0.3 is 6.18 Å². The first-order valence-electron chi connectivity index (χ1n) is 7.06. The van der Waals surface area contributed by atoms with Crippen molar-refractivity contribution < 1.29 is 13.2 Å². The van der Waals surface area contributed by atoms with Crippen LogP contribution in [0.15, 0.2) is 66.1 Å². The highest BCUT2D eigenvalue weighted by molar-refractivity contribution is 7.98. The molecule has 0 aliphatic carbocycles. The number of rotatable bonds is 4. The fourth-order valence-electron chi connectivity index (χ4n) is 2.02. The second-order valence-electron chi connectivity index (χ2n) is 4.93. The first-order valence-corrected chi connectivity index (χ1v) is 8.04. The average molecular weight is 347 g/mol. The van der Waals surface area contributed by atoms with Crippen molar-refractivity contribution in [2.75, 3.05) is 0 Å². The molecule has 0 aliphatic rings. The van der Waals surface area contributed by atoms with Crippen LogP contribution in [0.4, 0.5) is 13.2 Å². The number of halogens is 3. The summed E-state index contributed by atoms with van der Waals surface area (Å²) in [5.41, 5.74) is 0.886. The van der Waals surface area contributed by atoms with E-state index in [1.54, 1.807) is 54.9 Å². The molecule has 2 aromatic heterocycles. The van der Waals surface area contributed by atoms with Gasteiger partial charge in [-0.2, -0.15) is 13.2 Å². The van der Waals surface area contributed by atoms with Crippen LogP contribution in [-0.2, 0) is 11.9 Å². The largest absolute Gasteiger partial charge is 0.433 e. The molecule has 122 valence electrons. The Hall–Kier alpha value is -2.41. The van der Waals surface area contributed by atoms with Gasteiger partial charge in [0.25, 0.3) is 0 Å². The minimum Gasteiger partial charge on any atom is -0.265 e. The lowest BCUT2D eigenvalue weighted by molar-refractivity contribution is -0.141. The molecule has 0 aliphatic heterocycles. The van der Waals surface area contributed by atoms with Gasteiger partial charge in [0.15, 0.2) is 5.16 Å². The lowest BCUT2D eigenvalue weighted by Gasteiger charge is -2.10. The van der Waals surface area contributed by atoms with E-state index in [1.165, 1.54) is 0 Å². The Morgan fingerprint density at radius 1 is 0.917 bits per heavy atom. The maximum absolute atomic E-state index is 13.1. The summed E-state index contributed by atoms with van der Waals surface area (Å²) in [6.45, 7) is 0. The molecule has 24 heavy (non-hydrogen) atoms. The summed E-state index contributed by atoms with van der Waals surface area (Å²) in [7, 11) is 0. The number of thioether (sulfide) groups is 1. The fourth-order valence-corrected chi connectivity index (χ4v) is 2.83. The molecule has 7 heteroatoms. The molecule has 3 aromatic rings. The molecule has 3 nitrogen and oxygen atoms in total. The van der Waals surface area contributed by atoms with Crippen molar-refractivity contribution in [3.63, 3.8) is 0 Å². The van der Waals surface area contributed by atoms with E-state index in [1.807, 2.05) is 0 Å². The van der Waals surface area contributed by atoms with Gasteiger partial charge < -0.3 is 0 Å². The van der Waals surface area contributed by atoms with Crippen molar-refractivity contribution in [1.29, 1.82) is 0 Å². The summed E-state index contributed by atoms with van der Waals surface area (Å²) >= 11 is 1.16. The van der Waals surface area contributed by atoms with Crippen molar-refractivity contribution in [3.8, 4) is 11.3 Å². The summed E-state index contributed by atoms with van der Waals surface area (Å²) < 4.78 is 39.4. The zero-order chi connectivity index (χ0) is 17.0. The Bertz CT molecular complexity index is 808. The number of aromatic nitrogens is 3. The van der Waals surface area contributed by atoms with E-state index in [9.17, 15) is 13.2 Å². The predicted octanol–water partition coefficient (Wildman–Crippen LogP) is 4.85. The van der Waals surface area contributed by atoms with E-state index in [-0.39, 0.29) is 10.9 Å². The van der Waals surface area contributed by atoms with Crippen LogP contribution in [0, 0.1) is 0 Å². The standard InChI is InChI=1S/C17H12F3N3S/c18-17(19,20)15-10-14(13-4-2-1-3-5-13)22-16(23-15)24-11-12-6-8-21-9-7-12/h1-10H,11H2. The number of hydrogen-bond donors (Lipinski definition) is 0. The van der Waals surface area contributed by atoms with Crippen LogP contribution in [0.5, 0.6) is 0 Å². The minimum atomic E-state index is -4.52. The van der Waals surface area contributed by atoms with Gasteiger partial charge in [0.1, 0.15) is 5.69 Å². The van der Waals surface area contributed by atoms with Crippen LogP contribution in [0.1, 0.15) is 11.3 Å². The van der Waals surface area contributed by atoms with Crippen LogP contribution in [0.3, 0.4) is 0 Å². The Morgan fingerprint density at radius 2 is 1.62 bits per heavy atom. The third kappa shape index (κ3) is 4.11.